The van der Waals surface area contributed by atoms with E-state index >= 15 is 0 Å². The van der Waals surface area contributed by atoms with E-state index < -0.39 is 6.29 Å². The summed E-state index contributed by atoms with van der Waals surface area (Å²) in [6.45, 7) is 7.05. The molecule has 25 heavy (non-hydrogen) atoms. The normalized spacial score (nSPS) is 49.3. The van der Waals surface area contributed by atoms with Crippen LogP contribution in [0.3, 0.4) is 0 Å². The zero-order valence-corrected chi connectivity index (χ0v) is 16.3. The van der Waals surface area contributed by atoms with Gasteiger partial charge < -0.3 is 19.3 Å². The number of ether oxygens (including phenoxy) is 3. The predicted molar refractivity (Wildman–Crippen MR) is 96.0 cm³/mol. The summed E-state index contributed by atoms with van der Waals surface area (Å²) in [6.07, 6.45) is 5.02. The number of fused-ring (bicyclic) bond motifs is 6. The van der Waals surface area contributed by atoms with Gasteiger partial charge in [-0.3, -0.25) is 0 Å². The zero-order chi connectivity index (χ0) is 17.9. The minimum absolute atomic E-state index is 0.0139. The summed E-state index contributed by atoms with van der Waals surface area (Å²) in [5.74, 6) is 1.76. The van der Waals surface area contributed by atoms with Crippen LogP contribution in [-0.2, 0) is 14.2 Å². The zero-order valence-electron chi connectivity index (χ0n) is 16.3. The van der Waals surface area contributed by atoms with Crippen LogP contribution in [0, 0.1) is 29.1 Å². The molecule has 4 nitrogen and oxygen atoms in total. The van der Waals surface area contributed by atoms with E-state index in [1.165, 1.54) is 19.3 Å². The van der Waals surface area contributed by atoms with Crippen LogP contribution in [0.2, 0.25) is 0 Å². The molecule has 4 rings (SSSR count). The van der Waals surface area contributed by atoms with Crippen LogP contribution >= 0.6 is 0 Å². The Morgan fingerprint density at radius 3 is 2.60 bits per heavy atom. The Morgan fingerprint density at radius 2 is 1.96 bits per heavy atom. The van der Waals surface area contributed by atoms with Crippen molar-refractivity contribution in [3.8, 4) is 0 Å². The molecule has 2 saturated carbocycles. The highest BCUT2D eigenvalue weighted by atomic mass is 16.6. The molecule has 0 aromatic heterocycles. The third-order valence-corrected chi connectivity index (χ3v) is 7.89. The second kappa shape index (κ2) is 6.33. The summed E-state index contributed by atoms with van der Waals surface area (Å²) in [5, 5.41) is 10.6. The second-order valence-corrected chi connectivity index (χ2v) is 9.20. The number of rotatable bonds is 3. The fourth-order valence-electron chi connectivity index (χ4n) is 6.61. The molecular formula is C21H34O4. The molecule has 4 heteroatoms. The molecule has 3 fully saturated rings. The van der Waals surface area contributed by atoms with Crippen molar-refractivity contribution < 1.29 is 19.3 Å². The van der Waals surface area contributed by atoms with E-state index in [1.807, 2.05) is 0 Å². The molecule has 0 radical (unpaired) electrons. The van der Waals surface area contributed by atoms with Gasteiger partial charge in [0.2, 0.25) is 0 Å². The minimum Gasteiger partial charge on any atom is -0.381 e. The van der Waals surface area contributed by atoms with Gasteiger partial charge in [-0.2, -0.15) is 0 Å². The molecule has 0 amide bonds. The Balaban J connectivity index is 1.82. The Morgan fingerprint density at radius 1 is 1.20 bits per heavy atom. The Kier molecular flexibility index (Phi) is 4.55. The van der Waals surface area contributed by atoms with Gasteiger partial charge in [-0.05, 0) is 49.9 Å². The topological polar surface area (TPSA) is 47.9 Å². The molecule has 0 unspecified atom stereocenters. The molecule has 1 saturated heterocycles. The molecule has 1 heterocycles. The highest BCUT2D eigenvalue weighted by Crippen LogP contribution is 2.61. The first-order valence-corrected chi connectivity index (χ1v) is 10.0. The van der Waals surface area contributed by atoms with E-state index in [-0.39, 0.29) is 29.6 Å². The highest BCUT2D eigenvalue weighted by molar-refractivity contribution is 5.32. The average Bonchev–Trinajstić information content (AvgIpc) is 3.12. The summed E-state index contributed by atoms with van der Waals surface area (Å²) in [5.41, 5.74) is 3.41. The number of methoxy groups -OCH3 is 2. The van der Waals surface area contributed by atoms with E-state index in [1.54, 1.807) is 25.4 Å². The molecule has 0 aromatic carbocycles. The van der Waals surface area contributed by atoms with Gasteiger partial charge in [0.15, 0.2) is 6.29 Å². The lowest BCUT2D eigenvalue weighted by molar-refractivity contribution is -0.178. The lowest BCUT2D eigenvalue weighted by Crippen LogP contribution is -2.48. The standard InChI is InChI=1S/C21H34O4/c1-11(2)13-7-6-12-8-9-21(3)14(16(12)13)10-15(23-4)17-18(24-5)19(21)25-20(17)22/h11-12,14-15,17-20,22H,6-10H2,1-5H3/t12-,14-,15+,17-,18-,19-,20-,21+/m0/s1. The Hall–Kier alpha value is -0.420. The van der Waals surface area contributed by atoms with Crippen molar-refractivity contribution in [2.24, 2.45) is 29.1 Å². The van der Waals surface area contributed by atoms with Crippen LogP contribution in [0.1, 0.15) is 52.9 Å². The summed E-state index contributed by atoms with van der Waals surface area (Å²) >= 11 is 0. The molecule has 0 spiro atoms. The van der Waals surface area contributed by atoms with Gasteiger partial charge in [-0.25, -0.2) is 0 Å². The van der Waals surface area contributed by atoms with Gasteiger partial charge in [0.05, 0.1) is 24.2 Å². The van der Waals surface area contributed by atoms with Crippen LogP contribution in [0.4, 0.5) is 0 Å². The van der Waals surface area contributed by atoms with Crippen LogP contribution in [0.5, 0.6) is 0 Å². The molecular weight excluding hydrogens is 316 g/mol. The second-order valence-electron chi connectivity index (χ2n) is 9.20. The molecule has 0 aromatic rings. The SMILES string of the molecule is CO[C@H]1[C@H]2[C@@H](O)O[C@@H]1[C@]1(C)CC[C@@H]3CCC(C(C)C)=C3[C@@H]1C[C@H]2OC. The Labute approximate surface area is 151 Å². The first-order valence-electron chi connectivity index (χ1n) is 10.0. The lowest BCUT2D eigenvalue weighted by atomic mass is 9.58. The number of allylic oxidation sites excluding steroid dienone is 2. The number of aliphatic hydroxyl groups is 1. The fourth-order valence-corrected chi connectivity index (χ4v) is 6.61. The first kappa shape index (κ1) is 18.0. The average molecular weight is 350 g/mol. The summed E-state index contributed by atoms with van der Waals surface area (Å²) in [6, 6.07) is 0. The maximum absolute atomic E-state index is 10.6. The largest absolute Gasteiger partial charge is 0.381 e. The molecule has 4 aliphatic rings. The summed E-state index contributed by atoms with van der Waals surface area (Å²) in [4.78, 5) is 0. The molecule has 8 atom stereocenters. The quantitative estimate of drug-likeness (QED) is 0.791. The van der Waals surface area contributed by atoms with Gasteiger partial charge in [-0.1, -0.05) is 31.9 Å². The Bertz CT molecular complexity index is 556. The molecule has 1 N–H and O–H groups in total. The molecule has 142 valence electrons. The van der Waals surface area contributed by atoms with Crippen molar-refractivity contribution in [1.82, 2.24) is 0 Å². The monoisotopic (exact) mass is 350 g/mol. The molecule has 2 bridgehead atoms. The molecule has 3 aliphatic carbocycles. The maximum atomic E-state index is 10.6. The van der Waals surface area contributed by atoms with E-state index in [0.717, 1.165) is 18.8 Å². The van der Waals surface area contributed by atoms with E-state index in [2.05, 4.69) is 20.8 Å². The number of hydrogen-bond donors (Lipinski definition) is 1. The van der Waals surface area contributed by atoms with Gasteiger partial charge in [0, 0.05) is 19.6 Å². The third kappa shape index (κ3) is 2.48. The van der Waals surface area contributed by atoms with Crippen LogP contribution in [0.15, 0.2) is 11.1 Å². The smallest absolute Gasteiger partial charge is 0.162 e. The van der Waals surface area contributed by atoms with Crippen molar-refractivity contribution in [3.05, 3.63) is 11.1 Å². The summed E-state index contributed by atoms with van der Waals surface area (Å²) in [7, 11) is 3.52. The molecule has 1 aliphatic heterocycles. The van der Waals surface area contributed by atoms with Gasteiger partial charge >= 0.3 is 0 Å². The van der Waals surface area contributed by atoms with Crippen molar-refractivity contribution in [2.45, 2.75) is 77.5 Å². The van der Waals surface area contributed by atoms with Crippen molar-refractivity contribution >= 4 is 0 Å². The van der Waals surface area contributed by atoms with Crippen molar-refractivity contribution in [2.75, 3.05) is 14.2 Å². The third-order valence-electron chi connectivity index (χ3n) is 7.89. The van der Waals surface area contributed by atoms with Crippen molar-refractivity contribution in [1.29, 1.82) is 0 Å². The van der Waals surface area contributed by atoms with E-state index in [4.69, 9.17) is 14.2 Å². The van der Waals surface area contributed by atoms with Crippen molar-refractivity contribution in [3.63, 3.8) is 0 Å². The van der Waals surface area contributed by atoms with Gasteiger partial charge in [0.1, 0.15) is 0 Å². The van der Waals surface area contributed by atoms with Gasteiger partial charge in [-0.15, -0.1) is 0 Å². The van der Waals surface area contributed by atoms with Gasteiger partial charge in [0.25, 0.3) is 0 Å². The number of hydrogen-bond acceptors (Lipinski definition) is 4. The first-order chi connectivity index (χ1) is 11.9. The highest BCUT2D eigenvalue weighted by Gasteiger charge is 2.62. The maximum Gasteiger partial charge on any atom is 0.162 e. The predicted octanol–water partition coefficient (Wildman–Crippen LogP) is 3.53. The van der Waals surface area contributed by atoms with E-state index in [9.17, 15) is 5.11 Å². The minimum atomic E-state index is -0.780. The van der Waals surface area contributed by atoms with Crippen LogP contribution in [0.25, 0.3) is 0 Å². The van der Waals surface area contributed by atoms with E-state index in [0.29, 0.717) is 11.8 Å². The van der Waals surface area contributed by atoms with Crippen LogP contribution < -0.4 is 0 Å². The lowest BCUT2D eigenvalue weighted by Gasteiger charge is -2.49. The van der Waals surface area contributed by atoms with Crippen LogP contribution in [-0.4, -0.2) is 43.9 Å². The number of aliphatic hydroxyl groups excluding tert-OH is 1. The summed E-state index contributed by atoms with van der Waals surface area (Å²) < 4.78 is 17.9. The fraction of sp³-hybridized carbons (Fsp3) is 0.905.